The largest absolute Gasteiger partial charge is 0.478 e. The molecule has 27 heavy (non-hydrogen) atoms. The number of urea groups is 1. The van der Waals surface area contributed by atoms with Crippen molar-refractivity contribution in [3.8, 4) is 0 Å². The lowest BCUT2D eigenvalue weighted by Gasteiger charge is -2.18. The first-order valence-corrected chi connectivity index (χ1v) is 9.25. The molecule has 0 aliphatic carbocycles. The van der Waals surface area contributed by atoms with Gasteiger partial charge in [-0.25, -0.2) is 9.59 Å². The first-order chi connectivity index (χ1) is 13.1. The highest BCUT2D eigenvalue weighted by Crippen LogP contribution is 2.16. The van der Waals surface area contributed by atoms with Crippen molar-refractivity contribution in [2.45, 2.75) is 32.5 Å². The van der Waals surface area contributed by atoms with Crippen molar-refractivity contribution in [2.75, 3.05) is 13.1 Å². The van der Waals surface area contributed by atoms with E-state index in [0.29, 0.717) is 13.1 Å². The van der Waals surface area contributed by atoms with E-state index in [-0.39, 0.29) is 11.6 Å². The molecular formula is C21H25N3O3. The maximum absolute atomic E-state index is 12.1. The third-order valence-corrected chi connectivity index (χ3v) is 4.80. The Kier molecular flexibility index (Phi) is 6.44. The predicted octanol–water partition coefficient (Wildman–Crippen LogP) is 2.98. The van der Waals surface area contributed by atoms with Gasteiger partial charge in [-0.2, -0.15) is 0 Å². The average Bonchev–Trinajstić information content (AvgIpc) is 3.19. The predicted molar refractivity (Wildman–Crippen MR) is 103 cm³/mol. The summed E-state index contributed by atoms with van der Waals surface area (Å²) >= 11 is 0. The van der Waals surface area contributed by atoms with E-state index in [1.807, 2.05) is 12.1 Å². The Morgan fingerprint density at radius 2 is 1.52 bits per heavy atom. The fourth-order valence-electron chi connectivity index (χ4n) is 3.25. The molecule has 1 fully saturated rings. The van der Waals surface area contributed by atoms with Crippen LogP contribution >= 0.6 is 0 Å². The first kappa shape index (κ1) is 18.9. The van der Waals surface area contributed by atoms with Crippen molar-refractivity contribution >= 4 is 12.0 Å². The summed E-state index contributed by atoms with van der Waals surface area (Å²) in [6.45, 7) is 4.04. The van der Waals surface area contributed by atoms with Crippen LogP contribution in [0.15, 0.2) is 48.5 Å². The molecule has 2 aromatic carbocycles. The number of nitrogens with one attached hydrogen (secondary N) is 2. The molecule has 1 saturated heterocycles. The molecule has 0 saturated carbocycles. The highest BCUT2D eigenvalue weighted by molar-refractivity contribution is 5.87. The summed E-state index contributed by atoms with van der Waals surface area (Å²) in [6.07, 6.45) is 2.52. The summed E-state index contributed by atoms with van der Waals surface area (Å²) in [5.41, 5.74) is 3.47. The summed E-state index contributed by atoms with van der Waals surface area (Å²) in [6, 6.07) is 14.4. The fourth-order valence-corrected chi connectivity index (χ4v) is 3.25. The molecule has 1 heterocycles. The Morgan fingerprint density at radius 1 is 0.889 bits per heavy atom. The number of nitrogens with zero attached hydrogens (tertiary/aromatic N) is 1. The Balaban J connectivity index is 1.48. The average molecular weight is 367 g/mol. The molecule has 142 valence electrons. The van der Waals surface area contributed by atoms with Crippen molar-refractivity contribution in [3.05, 3.63) is 70.8 Å². The van der Waals surface area contributed by atoms with Gasteiger partial charge in [0.15, 0.2) is 0 Å². The molecule has 0 atom stereocenters. The van der Waals surface area contributed by atoms with Gasteiger partial charge in [0.25, 0.3) is 0 Å². The molecule has 2 aromatic rings. The number of hydrogen-bond donors (Lipinski definition) is 3. The van der Waals surface area contributed by atoms with Gasteiger partial charge in [0.1, 0.15) is 0 Å². The minimum atomic E-state index is -0.958. The minimum absolute atomic E-state index is 0.234. The lowest BCUT2D eigenvalue weighted by atomic mass is 10.1. The summed E-state index contributed by atoms with van der Waals surface area (Å²) < 4.78 is 0. The van der Waals surface area contributed by atoms with Gasteiger partial charge in [-0.3, -0.25) is 4.90 Å². The zero-order valence-corrected chi connectivity index (χ0v) is 15.3. The van der Waals surface area contributed by atoms with E-state index in [1.54, 1.807) is 12.1 Å². The van der Waals surface area contributed by atoms with Crippen LogP contribution in [0.25, 0.3) is 0 Å². The molecule has 3 rings (SSSR count). The van der Waals surface area contributed by atoms with E-state index in [0.717, 1.165) is 30.8 Å². The fraction of sp³-hybridized carbons (Fsp3) is 0.333. The van der Waals surface area contributed by atoms with E-state index in [2.05, 4.69) is 27.7 Å². The van der Waals surface area contributed by atoms with Crippen LogP contribution in [0.3, 0.4) is 0 Å². The van der Waals surface area contributed by atoms with Crippen LogP contribution in [0.4, 0.5) is 4.79 Å². The van der Waals surface area contributed by atoms with Gasteiger partial charge in [0, 0.05) is 19.6 Å². The molecule has 1 aliphatic heterocycles. The second-order valence-corrected chi connectivity index (χ2v) is 6.79. The molecule has 0 aromatic heterocycles. The van der Waals surface area contributed by atoms with E-state index >= 15 is 0 Å². The van der Waals surface area contributed by atoms with Crippen LogP contribution in [0.5, 0.6) is 0 Å². The normalized spacial score (nSPS) is 14.1. The molecule has 0 unspecified atom stereocenters. The van der Waals surface area contributed by atoms with Crippen molar-refractivity contribution < 1.29 is 14.7 Å². The zero-order valence-electron chi connectivity index (χ0n) is 15.3. The summed E-state index contributed by atoms with van der Waals surface area (Å²) in [7, 11) is 0. The van der Waals surface area contributed by atoms with Crippen molar-refractivity contribution in [2.24, 2.45) is 0 Å². The monoisotopic (exact) mass is 367 g/mol. The third kappa shape index (κ3) is 5.56. The van der Waals surface area contributed by atoms with E-state index in [4.69, 9.17) is 5.11 Å². The summed E-state index contributed by atoms with van der Waals surface area (Å²) in [5.74, 6) is -0.958. The first-order valence-electron chi connectivity index (χ1n) is 9.25. The van der Waals surface area contributed by atoms with Gasteiger partial charge in [-0.05, 0) is 54.8 Å². The van der Waals surface area contributed by atoms with Gasteiger partial charge >= 0.3 is 12.0 Å². The number of hydrogen-bond acceptors (Lipinski definition) is 3. The zero-order chi connectivity index (χ0) is 19.1. The highest BCUT2D eigenvalue weighted by Gasteiger charge is 2.13. The molecule has 0 spiro atoms. The molecule has 6 nitrogen and oxygen atoms in total. The number of carboxylic acid groups (broad SMARTS) is 1. The van der Waals surface area contributed by atoms with Crippen LogP contribution < -0.4 is 10.6 Å². The molecule has 0 radical (unpaired) electrons. The number of carbonyl (C=O) groups is 2. The van der Waals surface area contributed by atoms with Crippen LogP contribution in [0.1, 0.15) is 39.9 Å². The standard InChI is InChI=1S/C21H25N3O3/c25-20(26)17-9-7-16(8-10-17)13-22-21(27)23-14-18-5-1-2-6-19(18)15-24-11-3-4-12-24/h1-2,5-10H,3-4,11-15H2,(H,25,26)(H2,22,23,27). The second-order valence-electron chi connectivity index (χ2n) is 6.79. The molecule has 3 N–H and O–H groups in total. The van der Waals surface area contributed by atoms with Gasteiger partial charge in [0.2, 0.25) is 0 Å². The van der Waals surface area contributed by atoms with Crippen LogP contribution in [-0.2, 0) is 19.6 Å². The number of rotatable bonds is 7. The summed E-state index contributed by atoms with van der Waals surface area (Å²) in [4.78, 5) is 25.4. The van der Waals surface area contributed by atoms with Gasteiger partial charge < -0.3 is 15.7 Å². The van der Waals surface area contributed by atoms with Crippen molar-refractivity contribution in [1.29, 1.82) is 0 Å². The Hall–Kier alpha value is -2.86. The van der Waals surface area contributed by atoms with Gasteiger partial charge in [0.05, 0.1) is 5.56 Å². The Labute approximate surface area is 159 Å². The number of amides is 2. The molecule has 6 heteroatoms. The van der Waals surface area contributed by atoms with E-state index < -0.39 is 5.97 Å². The van der Waals surface area contributed by atoms with Gasteiger partial charge in [-0.15, -0.1) is 0 Å². The topological polar surface area (TPSA) is 81.7 Å². The van der Waals surface area contributed by atoms with Crippen molar-refractivity contribution in [1.82, 2.24) is 15.5 Å². The van der Waals surface area contributed by atoms with Crippen LogP contribution in [-0.4, -0.2) is 35.1 Å². The maximum atomic E-state index is 12.1. The number of carbonyl (C=O) groups excluding carboxylic acids is 1. The van der Waals surface area contributed by atoms with Gasteiger partial charge in [-0.1, -0.05) is 36.4 Å². The van der Waals surface area contributed by atoms with E-state index in [9.17, 15) is 9.59 Å². The Bertz CT molecular complexity index is 784. The number of aromatic carboxylic acids is 1. The van der Waals surface area contributed by atoms with Crippen LogP contribution in [0, 0.1) is 0 Å². The number of benzene rings is 2. The molecule has 0 bridgehead atoms. The quantitative estimate of drug-likeness (QED) is 0.703. The third-order valence-electron chi connectivity index (χ3n) is 4.80. The highest BCUT2D eigenvalue weighted by atomic mass is 16.4. The molecule has 1 aliphatic rings. The summed E-state index contributed by atoms with van der Waals surface area (Å²) in [5, 5.41) is 14.6. The van der Waals surface area contributed by atoms with E-state index in [1.165, 1.54) is 30.5 Å². The Morgan fingerprint density at radius 3 is 2.19 bits per heavy atom. The lowest BCUT2D eigenvalue weighted by molar-refractivity contribution is 0.0697. The maximum Gasteiger partial charge on any atom is 0.335 e. The second kappa shape index (κ2) is 9.19. The molecule has 2 amide bonds. The van der Waals surface area contributed by atoms with Crippen LogP contribution in [0.2, 0.25) is 0 Å². The smallest absolute Gasteiger partial charge is 0.335 e. The van der Waals surface area contributed by atoms with Crippen molar-refractivity contribution in [3.63, 3.8) is 0 Å². The number of likely N-dealkylation sites (tertiary alicyclic amines) is 1. The molecular weight excluding hydrogens is 342 g/mol. The lowest BCUT2D eigenvalue weighted by Crippen LogP contribution is -2.35. The SMILES string of the molecule is O=C(NCc1ccc(C(=O)O)cc1)NCc1ccccc1CN1CCCC1. The minimum Gasteiger partial charge on any atom is -0.478 e. The number of carboxylic acids is 1.